The average molecular weight is 445 g/mol. The third kappa shape index (κ3) is 3.90. The zero-order valence-electron chi connectivity index (χ0n) is 17.4. The van der Waals surface area contributed by atoms with Gasteiger partial charge in [-0.05, 0) is 18.2 Å². The van der Waals surface area contributed by atoms with E-state index in [0.717, 1.165) is 21.8 Å². The first-order valence-corrected chi connectivity index (χ1v) is 11.0. The van der Waals surface area contributed by atoms with Crippen molar-refractivity contribution in [1.29, 1.82) is 0 Å². The van der Waals surface area contributed by atoms with E-state index >= 15 is 0 Å². The second-order valence-electron chi connectivity index (χ2n) is 7.44. The standard InChI is InChI=1S/C23H20N6O2S/c1-28-19(13-18(27-28)15-7-3-2-4-8-15)22(31)29-12-10-16-20(14-29)32-23(25-16)26-21(30)17-9-5-6-11-24-17/h2-9,11,13H,10,12,14H2,1H3,(H,25,26,30). The Kier molecular flexibility index (Phi) is 5.24. The molecular formula is C23H20N6O2S. The van der Waals surface area contributed by atoms with Crippen LogP contribution < -0.4 is 5.32 Å². The molecule has 0 bridgehead atoms. The predicted molar refractivity (Wildman–Crippen MR) is 121 cm³/mol. The number of anilines is 1. The Morgan fingerprint density at radius 2 is 1.91 bits per heavy atom. The molecule has 8 nitrogen and oxygen atoms in total. The number of hydrogen-bond donors (Lipinski definition) is 1. The summed E-state index contributed by atoms with van der Waals surface area (Å²) in [5.74, 6) is -0.367. The fourth-order valence-corrected chi connectivity index (χ4v) is 4.68. The van der Waals surface area contributed by atoms with E-state index in [0.29, 0.717) is 36.0 Å². The van der Waals surface area contributed by atoms with E-state index < -0.39 is 0 Å². The molecule has 160 valence electrons. The van der Waals surface area contributed by atoms with Gasteiger partial charge in [0.1, 0.15) is 11.4 Å². The maximum Gasteiger partial charge on any atom is 0.276 e. The maximum absolute atomic E-state index is 13.2. The van der Waals surface area contributed by atoms with Crippen molar-refractivity contribution in [3.8, 4) is 11.3 Å². The molecule has 0 saturated heterocycles. The van der Waals surface area contributed by atoms with Gasteiger partial charge < -0.3 is 4.90 Å². The molecule has 3 aromatic heterocycles. The number of amides is 2. The molecular weight excluding hydrogens is 424 g/mol. The molecule has 0 aliphatic carbocycles. The fourth-order valence-electron chi connectivity index (χ4n) is 3.66. The number of thiazole rings is 1. The minimum atomic E-state index is -0.298. The van der Waals surface area contributed by atoms with E-state index in [9.17, 15) is 9.59 Å². The number of rotatable bonds is 4. The van der Waals surface area contributed by atoms with Gasteiger partial charge in [-0.3, -0.25) is 24.6 Å². The van der Waals surface area contributed by atoms with Gasteiger partial charge in [-0.15, -0.1) is 0 Å². The summed E-state index contributed by atoms with van der Waals surface area (Å²) in [4.78, 5) is 37.0. The van der Waals surface area contributed by atoms with Gasteiger partial charge in [0, 0.05) is 36.7 Å². The zero-order valence-corrected chi connectivity index (χ0v) is 18.2. The van der Waals surface area contributed by atoms with Gasteiger partial charge in [-0.25, -0.2) is 4.98 Å². The Balaban J connectivity index is 1.31. The average Bonchev–Trinajstić information content (AvgIpc) is 3.42. The fraction of sp³-hybridized carbons (Fsp3) is 0.174. The van der Waals surface area contributed by atoms with E-state index in [1.54, 1.807) is 41.0 Å². The predicted octanol–water partition coefficient (Wildman–Crippen LogP) is 3.39. The monoisotopic (exact) mass is 444 g/mol. The van der Waals surface area contributed by atoms with Crippen molar-refractivity contribution in [3.05, 3.63) is 82.8 Å². The van der Waals surface area contributed by atoms with E-state index in [4.69, 9.17) is 0 Å². The van der Waals surface area contributed by atoms with Crippen LogP contribution in [0.1, 0.15) is 31.5 Å². The highest BCUT2D eigenvalue weighted by atomic mass is 32.1. The number of nitrogens with zero attached hydrogens (tertiary/aromatic N) is 5. The van der Waals surface area contributed by atoms with Gasteiger partial charge in [0.2, 0.25) is 0 Å². The smallest absolute Gasteiger partial charge is 0.276 e. The molecule has 32 heavy (non-hydrogen) atoms. The molecule has 0 saturated carbocycles. The summed E-state index contributed by atoms with van der Waals surface area (Å²) < 4.78 is 1.63. The lowest BCUT2D eigenvalue weighted by atomic mass is 10.1. The van der Waals surface area contributed by atoms with Crippen LogP contribution in [0.5, 0.6) is 0 Å². The number of fused-ring (bicyclic) bond motifs is 1. The largest absolute Gasteiger partial charge is 0.332 e. The molecule has 0 atom stereocenters. The topological polar surface area (TPSA) is 93.0 Å². The Hall–Kier alpha value is -3.85. The first-order chi connectivity index (χ1) is 15.6. The highest BCUT2D eigenvalue weighted by Crippen LogP contribution is 2.29. The van der Waals surface area contributed by atoms with Crippen LogP contribution in [0.2, 0.25) is 0 Å². The summed E-state index contributed by atoms with van der Waals surface area (Å²) in [6.45, 7) is 1.02. The van der Waals surface area contributed by atoms with Crippen LogP contribution in [0.25, 0.3) is 11.3 Å². The Morgan fingerprint density at radius 3 is 2.69 bits per heavy atom. The van der Waals surface area contributed by atoms with Crippen molar-refractivity contribution in [2.24, 2.45) is 7.05 Å². The Morgan fingerprint density at radius 1 is 1.09 bits per heavy atom. The molecule has 0 fully saturated rings. The van der Waals surface area contributed by atoms with Gasteiger partial charge >= 0.3 is 0 Å². The summed E-state index contributed by atoms with van der Waals surface area (Å²) in [6, 6.07) is 16.8. The highest BCUT2D eigenvalue weighted by molar-refractivity contribution is 7.15. The van der Waals surface area contributed by atoms with Crippen molar-refractivity contribution in [2.45, 2.75) is 13.0 Å². The summed E-state index contributed by atoms with van der Waals surface area (Å²) in [6.07, 6.45) is 2.22. The van der Waals surface area contributed by atoms with Crippen LogP contribution in [0.3, 0.4) is 0 Å². The Bertz CT molecular complexity index is 1280. The van der Waals surface area contributed by atoms with Gasteiger partial charge in [-0.1, -0.05) is 47.7 Å². The summed E-state index contributed by atoms with van der Waals surface area (Å²) in [7, 11) is 1.78. The van der Waals surface area contributed by atoms with Crippen LogP contribution >= 0.6 is 11.3 Å². The molecule has 0 radical (unpaired) electrons. The number of hydrogen-bond acceptors (Lipinski definition) is 6. The normalized spacial score (nSPS) is 13.0. The van der Waals surface area contributed by atoms with Crippen LogP contribution in [0.15, 0.2) is 60.8 Å². The van der Waals surface area contributed by atoms with Crippen molar-refractivity contribution in [2.75, 3.05) is 11.9 Å². The molecule has 1 aliphatic heterocycles. The first-order valence-electron chi connectivity index (χ1n) is 10.2. The highest BCUT2D eigenvalue weighted by Gasteiger charge is 2.27. The van der Waals surface area contributed by atoms with Gasteiger partial charge in [0.15, 0.2) is 5.13 Å². The lowest BCUT2D eigenvalue weighted by Crippen LogP contribution is -2.36. The summed E-state index contributed by atoms with van der Waals surface area (Å²) >= 11 is 1.39. The molecule has 0 unspecified atom stereocenters. The van der Waals surface area contributed by atoms with Crippen molar-refractivity contribution < 1.29 is 9.59 Å². The van der Waals surface area contributed by atoms with Gasteiger partial charge in [-0.2, -0.15) is 5.10 Å². The van der Waals surface area contributed by atoms with E-state index in [1.165, 1.54) is 11.3 Å². The van der Waals surface area contributed by atoms with Crippen LogP contribution in [-0.2, 0) is 20.0 Å². The summed E-state index contributed by atoms with van der Waals surface area (Å²) in [5.41, 5.74) is 3.54. The number of benzene rings is 1. The first kappa shape index (κ1) is 20.1. The van der Waals surface area contributed by atoms with E-state index in [1.807, 2.05) is 36.4 Å². The van der Waals surface area contributed by atoms with Crippen LogP contribution in [0.4, 0.5) is 5.13 Å². The molecule has 9 heteroatoms. The molecule has 2 amide bonds. The Labute approximate surface area is 188 Å². The second-order valence-corrected chi connectivity index (χ2v) is 8.52. The van der Waals surface area contributed by atoms with Crippen LogP contribution in [0, 0.1) is 0 Å². The molecule has 0 spiro atoms. The third-order valence-corrected chi connectivity index (χ3v) is 6.30. The lowest BCUT2D eigenvalue weighted by molar-refractivity contribution is 0.0725. The zero-order chi connectivity index (χ0) is 22.1. The molecule has 1 aromatic carbocycles. The second kappa shape index (κ2) is 8.35. The minimum absolute atomic E-state index is 0.0692. The molecule has 4 aromatic rings. The van der Waals surface area contributed by atoms with Crippen LogP contribution in [-0.4, -0.2) is 43.0 Å². The van der Waals surface area contributed by atoms with E-state index in [-0.39, 0.29) is 11.8 Å². The number of nitrogens with one attached hydrogen (secondary N) is 1. The van der Waals surface area contributed by atoms with Crippen molar-refractivity contribution in [1.82, 2.24) is 24.6 Å². The third-order valence-electron chi connectivity index (χ3n) is 5.30. The number of aryl methyl sites for hydroxylation is 1. The molecule has 4 heterocycles. The number of aromatic nitrogens is 4. The number of carbonyl (C=O) groups is 2. The van der Waals surface area contributed by atoms with E-state index in [2.05, 4.69) is 20.4 Å². The SMILES string of the molecule is Cn1nc(-c2ccccc2)cc1C(=O)N1CCc2nc(NC(=O)c3ccccn3)sc2C1. The molecule has 1 aliphatic rings. The van der Waals surface area contributed by atoms with Gasteiger partial charge in [0.25, 0.3) is 11.8 Å². The molecule has 5 rings (SSSR count). The van der Waals surface area contributed by atoms with Gasteiger partial charge in [0.05, 0.1) is 17.9 Å². The number of pyridine rings is 1. The van der Waals surface area contributed by atoms with Crippen molar-refractivity contribution in [3.63, 3.8) is 0 Å². The van der Waals surface area contributed by atoms with Crippen molar-refractivity contribution >= 4 is 28.3 Å². The lowest BCUT2D eigenvalue weighted by Gasteiger charge is -2.25. The molecule has 1 N–H and O–H groups in total. The summed E-state index contributed by atoms with van der Waals surface area (Å²) in [5, 5.41) is 7.84. The quantitative estimate of drug-likeness (QED) is 0.521. The maximum atomic E-state index is 13.2. The minimum Gasteiger partial charge on any atom is -0.332 e. The number of carbonyl (C=O) groups excluding carboxylic acids is 2.